The first-order chi connectivity index (χ1) is 9.74. The number of hydrogen-bond acceptors (Lipinski definition) is 3. The SMILES string of the molecule is CCCCCC1COB(c2ccc(C#N)c(F)c2)OC1. The molecule has 1 aliphatic rings. The lowest BCUT2D eigenvalue weighted by Crippen LogP contribution is -2.44. The van der Waals surface area contributed by atoms with E-state index in [-0.39, 0.29) is 5.56 Å². The maximum atomic E-state index is 13.6. The Balaban J connectivity index is 1.87. The van der Waals surface area contributed by atoms with Gasteiger partial charge in [-0.05, 0) is 24.0 Å². The number of unbranched alkanes of at least 4 members (excludes halogenated alkanes) is 2. The van der Waals surface area contributed by atoms with Gasteiger partial charge in [-0.1, -0.05) is 32.3 Å². The van der Waals surface area contributed by atoms with Crippen LogP contribution in [0.5, 0.6) is 0 Å². The Hall–Kier alpha value is -1.38. The van der Waals surface area contributed by atoms with Gasteiger partial charge in [0.1, 0.15) is 11.9 Å². The smallest absolute Gasteiger partial charge is 0.407 e. The summed E-state index contributed by atoms with van der Waals surface area (Å²) < 4.78 is 24.9. The molecule has 0 aromatic heterocycles. The molecule has 3 nitrogen and oxygen atoms in total. The van der Waals surface area contributed by atoms with Gasteiger partial charge in [-0.25, -0.2) is 4.39 Å². The van der Waals surface area contributed by atoms with Crippen LogP contribution >= 0.6 is 0 Å². The molecule has 0 spiro atoms. The molecule has 0 saturated carbocycles. The molecule has 1 aromatic carbocycles. The van der Waals surface area contributed by atoms with Crippen LogP contribution in [0.4, 0.5) is 4.39 Å². The third-order valence-corrected chi connectivity index (χ3v) is 3.57. The van der Waals surface area contributed by atoms with Crippen molar-refractivity contribution in [2.24, 2.45) is 5.92 Å². The van der Waals surface area contributed by atoms with Gasteiger partial charge in [0.15, 0.2) is 0 Å². The predicted octanol–water partition coefficient (Wildman–Crippen LogP) is 2.64. The molecule has 5 heteroatoms. The zero-order valence-corrected chi connectivity index (χ0v) is 11.8. The molecule has 0 aliphatic carbocycles. The van der Waals surface area contributed by atoms with Crippen molar-refractivity contribution in [3.8, 4) is 6.07 Å². The third-order valence-electron chi connectivity index (χ3n) is 3.57. The van der Waals surface area contributed by atoms with Gasteiger partial charge in [-0.2, -0.15) is 5.26 Å². The molecule has 106 valence electrons. The Morgan fingerprint density at radius 3 is 2.70 bits per heavy atom. The van der Waals surface area contributed by atoms with Gasteiger partial charge < -0.3 is 9.31 Å². The van der Waals surface area contributed by atoms with Crippen LogP contribution in [0.3, 0.4) is 0 Å². The van der Waals surface area contributed by atoms with E-state index in [1.807, 2.05) is 0 Å². The molecule has 1 saturated heterocycles. The van der Waals surface area contributed by atoms with Gasteiger partial charge in [0, 0.05) is 19.1 Å². The lowest BCUT2D eigenvalue weighted by molar-refractivity contribution is 0.0811. The fraction of sp³-hybridized carbons (Fsp3) is 0.533. The number of nitriles is 1. The average molecular weight is 275 g/mol. The Bertz CT molecular complexity index is 481. The largest absolute Gasteiger partial charge is 0.493 e. The summed E-state index contributed by atoms with van der Waals surface area (Å²) in [5, 5.41) is 8.70. The molecule has 0 atom stereocenters. The van der Waals surface area contributed by atoms with Crippen LogP contribution in [0, 0.1) is 23.1 Å². The maximum Gasteiger partial charge on any atom is 0.493 e. The average Bonchev–Trinajstić information content (AvgIpc) is 2.48. The van der Waals surface area contributed by atoms with Crippen LogP contribution in [0.15, 0.2) is 18.2 Å². The van der Waals surface area contributed by atoms with E-state index in [0.717, 1.165) is 6.42 Å². The zero-order chi connectivity index (χ0) is 14.4. The monoisotopic (exact) mass is 275 g/mol. The van der Waals surface area contributed by atoms with Crippen molar-refractivity contribution in [1.82, 2.24) is 0 Å². The van der Waals surface area contributed by atoms with Crippen LogP contribution in [0.2, 0.25) is 0 Å². The molecule has 1 fully saturated rings. The molecule has 0 N–H and O–H groups in total. The van der Waals surface area contributed by atoms with Crippen molar-refractivity contribution in [3.05, 3.63) is 29.6 Å². The van der Waals surface area contributed by atoms with Crippen LogP contribution in [-0.4, -0.2) is 20.3 Å². The molecule has 0 bridgehead atoms. The molecule has 0 amide bonds. The normalized spacial score (nSPS) is 16.1. The number of benzene rings is 1. The topological polar surface area (TPSA) is 42.2 Å². The quantitative estimate of drug-likeness (QED) is 0.612. The van der Waals surface area contributed by atoms with E-state index in [4.69, 9.17) is 14.6 Å². The molecule has 0 unspecified atom stereocenters. The van der Waals surface area contributed by atoms with Crippen molar-refractivity contribution < 1.29 is 13.7 Å². The second kappa shape index (κ2) is 7.42. The summed E-state index contributed by atoms with van der Waals surface area (Å²) in [5.41, 5.74) is 0.676. The molecule has 1 aliphatic heterocycles. The zero-order valence-electron chi connectivity index (χ0n) is 11.8. The number of hydrogen-bond donors (Lipinski definition) is 0. The second-order valence-corrected chi connectivity index (χ2v) is 5.21. The minimum atomic E-state index is -0.526. The second-order valence-electron chi connectivity index (χ2n) is 5.21. The van der Waals surface area contributed by atoms with Gasteiger partial charge in [0.25, 0.3) is 0 Å². The van der Waals surface area contributed by atoms with Crippen molar-refractivity contribution in [1.29, 1.82) is 5.26 Å². The van der Waals surface area contributed by atoms with Crippen LogP contribution < -0.4 is 5.46 Å². The molecular weight excluding hydrogens is 256 g/mol. The summed E-state index contributed by atoms with van der Waals surface area (Å²) in [4.78, 5) is 0. The molecule has 1 heterocycles. The highest BCUT2D eigenvalue weighted by Gasteiger charge is 2.29. The van der Waals surface area contributed by atoms with Crippen molar-refractivity contribution in [2.75, 3.05) is 13.2 Å². The fourth-order valence-corrected chi connectivity index (χ4v) is 2.35. The van der Waals surface area contributed by atoms with E-state index in [2.05, 4.69) is 6.92 Å². The maximum absolute atomic E-state index is 13.6. The number of halogens is 1. The Morgan fingerprint density at radius 1 is 1.35 bits per heavy atom. The molecule has 0 radical (unpaired) electrons. The van der Waals surface area contributed by atoms with Gasteiger partial charge in [0.05, 0.1) is 5.56 Å². The first kappa shape index (κ1) is 15.0. The minimum Gasteiger partial charge on any atom is -0.407 e. The highest BCUT2D eigenvalue weighted by molar-refractivity contribution is 6.61. The Labute approximate surface area is 119 Å². The van der Waals surface area contributed by atoms with Crippen LogP contribution in [0.1, 0.15) is 38.2 Å². The minimum absolute atomic E-state index is 0.0435. The summed E-state index contributed by atoms with van der Waals surface area (Å²) in [7, 11) is -0.514. The summed E-state index contributed by atoms with van der Waals surface area (Å²) in [6.07, 6.45) is 4.76. The lowest BCUT2D eigenvalue weighted by Gasteiger charge is -2.27. The van der Waals surface area contributed by atoms with Gasteiger partial charge >= 0.3 is 7.12 Å². The van der Waals surface area contributed by atoms with Gasteiger partial charge in [0.2, 0.25) is 0 Å². The predicted molar refractivity (Wildman–Crippen MR) is 76.0 cm³/mol. The van der Waals surface area contributed by atoms with Crippen LogP contribution in [-0.2, 0) is 9.31 Å². The molecule has 1 aromatic rings. The first-order valence-electron chi connectivity index (χ1n) is 7.17. The number of nitrogens with zero attached hydrogens (tertiary/aromatic N) is 1. The Kier molecular flexibility index (Phi) is 5.57. The van der Waals surface area contributed by atoms with Gasteiger partial charge in [-0.3, -0.25) is 0 Å². The standard InChI is InChI=1S/C15H19BFNO2/c1-2-3-4-5-12-10-19-16(20-11-12)14-7-6-13(9-18)15(17)8-14/h6-8,12H,2-5,10-11H2,1H3. The van der Waals surface area contributed by atoms with E-state index >= 15 is 0 Å². The highest BCUT2D eigenvalue weighted by Crippen LogP contribution is 2.16. The summed E-state index contributed by atoms with van der Waals surface area (Å²) in [5.74, 6) is -0.0942. The van der Waals surface area contributed by atoms with Crippen molar-refractivity contribution >= 4 is 12.6 Å². The van der Waals surface area contributed by atoms with E-state index < -0.39 is 12.9 Å². The lowest BCUT2D eigenvalue weighted by atomic mass is 9.77. The van der Waals surface area contributed by atoms with E-state index in [1.54, 1.807) is 12.1 Å². The highest BCUT2D eigenvalue weighted by atomic mass is 19.1. The first-order valence-corrected chi connectivity index (χ1v) is 7.17. The summed E-state index contributed by atoms with van der Waals surface area (Å²) in [6.45, 7) is 3.48. The Morgan fingerprint density at radius 2 is 2.10 bits per heavy atom. The van der Waals surface area contributed by atoms with E-state index in [9.17, 15) is 4.39 Å². The molecule has 2 rings (SSSR count). The molecule has 20 heavy (non-hydrogen) atoms. The van der Waals surface area contributed by atoms with Crippen LogP contribution in [0.25, 0.3) is 0 Å². The van der Waals surface area contributed by atoms with Crippen molar-refractivity contribution in [2.45, 2.75) is 32.6 Å². The van der Waals surface area contributed by atoms with Gasteiger partial charge in [-0.15, -0.1) is 0 Å². The summed E-state index contributed by atoms with van der Waals surface area (Å²) in [6, 6.07) is 6.27. The summed E-state index contributed by atoms with van der Waals surface area (Å²) >= 11 is 0. The van der Waals surface area contributed by atoms with Crippen molar-refractivity contribution in [3.63, 3.8) is 0 Å². The van der Waals surface area contributed by atoms with E-state index in [1.165, 1.54) is 31.4 Å². The van der Waals surface area contributed by atoms with E-state index in [0.29, 0.717) is 24.6 Å². The fourth-order valence-electron chi connectivity index (χ4n) is 2.35. The number of rotatable bonds is 5. The molecular formula is C15H19BFNO2. The third kappa shape index (κ3) is 3.81.